The molecule has 1 unspecified atom stereocenters. The van der Waals surface area contributed by atoms with Gasteiger partial charge >= 0.3 is 5.97 Å². The molecule has 0 heterocycles. The van der Waals surface area contributed by atoms with Crippen LogP contribution in [0.4, 0.5) is 0 Å². The maximum atomic E-state index is 11.0. The van der Waals surface area contributed by atoms with E-state index in [1.807, 2.05) is 36.5 Å². The summed E-state index contributed by atoms with van der Waals surface area (Å²) in [4.78, 5) is 21.1. The molecule has 0 amide bonds. The molecule has 0 saturated carbocycles. The Kier molecular flexibility index (Phi) is 15.2. The number of nitrogens with zero attached hydrogens (tertiary/aromatic N) is 1. The number of carbonyl (C=O) groups is 1. The fourth-order valence-corrected chi connectivity index (χ4v) is 2.11. The lowest BCUT2D eigenvalue weighted by Crippen LogP contribution is -2.15. The zero-order valence-electron chi connectivity index (χ0n) is 15.2. The number of aliphatic carboxylic acids is 1. The van der Waals surface area contributed by atoms with Gasteiger partial charge in [-0.25, -0.2) is 0 Å². The van der Waals surface area contributed by atoms with Gasteiger partial charge in [-0.1, -0.05) is 62.3 Å². The standard InChI is InChI=1S/C20H31NO4/c1-2-3-4-5-10-13-16-19(21(24)25)17-14-11-8-6-7-9-12-15-18-20(22)23/h7-11,13-14,17,19H,2-6,12,15-16,18H2,1H3,(H,22,23)/b9-7?,11-8-,13-10?,17-14+. The lowest BCUT2D eigenvalue weighted by atomic mass is 10.1. The lowest BCUT2D eigenvalue weighted by molar-refractivity contribution is -0.508. The van der Waals surface area contributed by atoms with Gasteiger partial charge in [-0.15, -0.1) is 0 Å². The molecule has 0 aromatic rings. The van der Waals surface area contributed by atoms with Gasteiger partial charge in [0, 0.05) is 17.8 Å². The first-order valence-corrected chi connectivity index (χ1v) is 9.06. The fraction of sp³-hybridized carbons (Fsp3) is 0.550. The quantitative estimate of drug-likeness (QED) is 0.140. The number of nitro groups is 1. The molecule has 1 N–H and O–H groups in total. The van der Waals surface area contributed by atoms with Gasteiger partial charge in [-0.3, -0.25) is 14.9 Å². The zero-order valence-corrected chi connectivity index (χ0v) is 15.2. The van der Waals surface area contributed by atoms with Crippen LogP contribution in [0.5, 0.6) is 0 Å². The van der Waals surface area contributed by atoms with Crippen LogP contribution in [0.2, 0.25) is 0 Å². The van der Waals surface area contributed by atoms with Gasteiger partial charge in [-0.05, 0) is 38.2 Å². The van der Waals surface area contributed by atoms with E-state index in [1.165, 1.54) is 12.8 Å². The molecule has 0 aliphatic heterocycles. The molecule has 0 saturated heterocycles. The maximum absolute atomic E-state index is 11.0. The molecule has 0 aliphatic carbocycles. The molecule has 0 radical (unpaired) electrons. The topological polar surface area (TPSA) is 80.4 Å². The van der Waals surface area contributed by atoms with Gasteiger partial charge in [0.2, 0.25) is 6.04 Å². The Balaban J connectivity index is 4.00. The van der Waals surface area contributed by atoms with Crippen molar-refractivity contribution in [2.75, 3.05) is 0 Å². The van der Waals surface area contributed by atoms with Crippen molar-refractivity contribution in [3.8, 4) is 0 Å². The van der Waals surface area contributed by atoms with Gasteiger partial charge in [-0.2, -0.15) is 0 Å². The van der Waals surface area contributed by atoms with Crippen molar-refractivity contribution in [2.45, 2.75) is 70.8 Å². The Morgan fingerprint density at radius 1 is 1.04 bits per heavy atom. The van der Waals surface area contributed by atoms with E-state index in [2.05, 4.69) is 6.92 Å². The van der Waals surface area contributed by atoms with Crippen LogP contribution in [0.15, 0.2) is 48.6 Å². The van der Waals surface area contributed by atoms with E-state index in [1.54, 1.807) is 12.2 Å². The highest BCUT2D eigenvalue weighted by molar-refractivity contribution is 5.66. The summed E-state index contributed by atoms with van der Waals surface area (Å²) in [5, 5.41) is 19.5. The van der Waals surface area contributed by atoms with E-state index in [0.29, 0.717) is 12.8 Å². The predicted octanol–water partition coefficient (Wildman–Crippen LogP) is 5.47. The van der Waals surface area contributed by atoms with E-state index >= 15 is 0 Å². The first-order valence-electron chi connectivity index (χ1n) is 9.06. The summed E-state index contributed by atoms with van der Waals surface area (Å²) in [5.74, 6) is -0.769. The smallest absolute Gasteiger partial charge is 0.303 e. The molecule has 5 nitrogen and oxygen atoms in total. The third-order valence-corrected chi connectivity index (χ3v) is 3.57. The van der Waals surface area contributed by atoms with E-state index in [-0.39, 0.29) is 11.3 Å². The van der Waals surface area contributed by atoms with Crippen LogP contribution in [0.3, 0.4) is 0 Å². The molecule has 0 bridgehead atoms. The van der Waals surface area contributed by atoms with Crippen LogP contribution in [0.1, 0.15) is 64.7 Å². The van der Waals surface area contributed by atoms with E-state index < -0.39 is 12.0 Å². The Morgan fingerprint density at radius 3 is 2.44 bits per heavy atom. The lowest BCUT2D eigenvalue weighted by Gasteiger charge is -2.00. The molecule has 0 fully saturated rings. The Bertz CT molecular complexity index is 478. The number of allylic oxidation sites excluding steroid dienone is 6. The second-order valence-electron chi connectivity index (χ2n) is 5.86. The summed E-state index contributed by atoms with van der Waals surface area (Å²) in [6, 6.07) is -0.682. The molecule has 1 atom stereocenters. The van der Waals surface area contributed by atoms with Crippen LogP contribution < -0.4 is 0 Å². The summed E-state index contributed by atoms with van der Waals surface area (Å²) in [5.41, 5.74) is 0. The number of carboxylic acids is 1. The van der Waals surface area contributed by atoms with Crippen molar-refractivity contribution in [3.63, 3.8) is 0 Å². The third kappa shape index (κ3) is 16.5. The summed E-state index contributed by atoms with van der Waals surface area (Å²) < 4.78 is 0. The minimum Gasteiger partial charge on any atom is -0.481 e. The maximum Gasteiger partial charge on any atom is 0.303 e. The van der Waals surface area contributed by atoms with Crippen LogP contribution in [-0.4, -0.2) is 22.0 Å². The van der Waals surface area contributed by atoms with Crippen molar-refractivity contribution < 1.29 is 14.8 Å². The van der Waals surface area contributed by atoms with Crippen molar-refractivity contribution in [2.24, 2.45) is 0 Å². The highest BCUT2D eigenvalue weighted by Crippen LogP contribution is 2.05. The summed E-state index contributed by atoms with van der Waals surface area (Å²) in [7, 11) is 0. The van der Waals surface area contributed by atoms with Gasteiger partial charge in [0.1, 0.15) is 0 Å². The van der Waals surface area contributed by atoms with Crippen LogP contribution in [0.25, 0.3) is 0 Å². The average molecular weight is 349 g/mol. The largest absolute Gasteiger partial charge is 0.481 e. The Hall–Kier alpha value is -2.17. The first-order chi connectivity index (χ1) is 12.1. The SMILES string of the molecule is CCCCCC=CCC(/C=C/C=C\CC=CCCCC(=O)O)[N+](=O)[O-]. The minimum atomic E-state index is -0.769. The molecular weight excluding hydrogens is 318 g/mol. The molecule has 0 aromatic heterocycles. The summed E-state index contributed by atoms with van der Waals surface area (Å²) in [6.07, 6.45) is 22.2. The minimum absolute atomic E-state index is 0.193. The number of unbranched alkanes of at least 4 members (excludes halogenated alkanes) is 4. The first kappa shape index (κ1) is 22.8. The van der Waals surface area contributed by atoms with Crippen LogP contribution >= 0.6 is 0 Å². The van der Waals surface area contributed by atoms with Gasteiger partial charge < -0.3 is 5.11 Å². The van der Waals surface area contributed by atoms with Crippen LogP contribution in [-0.2, 0) is 4.79 Å². The molecule has 140 valence electrons. The molecule has 0 spiro atoms. The number of hydrogen-bond acceptors (Lipinski definition) is 3. The second kappa shape index (κ2) is 16.7. The molecular formula is C20H31NO4. The predicted molar refractivity (Wildman–Crippen MR) is 102 cm³/mol. The molecule has 0 aromatic carbocycles. The van der Waals surface area contributed by atoms with Crippen molar-refractivity contribution in [3.05, 3.63) is 58.7 Å². The monoisotopic (exact) mass is 349 g/mol. The van der Waals surface area contributed by atoms with E-state index in [9.17, 15) is 14.9 Å². The van der Waals surface area contributed by atoms with Gasteiger partial charge in [0.25, 0.3) is 0 Å². The molecule has 25 heavy (non-hydrogen) atoms. The Labute approximate surface area is 151 Å². The van der Waals surface area contributed by atoms with Gasteiger partial charge in [0.05, 0.1) is 0 Å². The molecule has 0 rings (SSSR count). The van der Waals surface area contributed by atoms with Crippen molar-refractivity contribution >= 4 is 5.97 Å². The highest BCUT2D eigenvalue weighted by atomic mass is 16.6. The normalized spacial score (nSPS) is 13.5. The van der Waals surface area contributed by atoms with Crippen molar-refractivity contribution in [1.29, 1.82) is 0 Å². The van der Waals surface area contributed by atoms with Gasteiger partial charge in [0.15, 0.2) is 0 Å². The number of carboxylic acid groups (broad SMARTS) is 1. The summed E-state index contributed by atoms with van der Waals surface area (Å²) in [6.45, 7) is 2.15. The molecule has 0 aliphatic rings. The molecule has 5 heteroatoms. The van der Waals surface area contributed by atoms with Crippen LogP contribution in [0, 0.1) is 10.1 Å². The number of rotatable bonds is 15. The average Bonchev–Trinajstić information content (AvgIpc) is 2.57. The van der Waals surface area contributed by atoms with E-state index in [4.69, 9.17) is 5.11 Å². The number of hydrogen-bond donors (Lipinski definition) is 1. The third-order valence-electron chi connectivity index (χ3n) is 3.57. The van der Waals surface area contributed by atoms with E-state index in [0.717, 1.165) is 25.7 Å². The fourth-order valence-electron chi connectivity index (χ4n) is 2.11. The second-order valence-corrected chi connectivity index (χ2v) is 5.86. The zero-order chi connectivity index (χ0) is 18.8. The van der Waals surface area contributed by atoms with Crippen molar-refractivity contribution in [1.82, 2.24) is 0 Å². The highest BCUT2D eigenvalue weighted by Gasteiger charge is 2.12. The Morgan fingerprint density at radius 2 is 1.76 bits per heavy atom. The summed E-state index contributed by atoms with van der Waals surface area (Å²) >= 11 is 0.